The molecule has 0 saturated carbocycles. The Bertz CT molecular complexity index is 239. The summed E-state index contributed by atoms with van der Waals surface area (Å²) in [6.07, 6.45) is 6.79. The summed E-state index contributed by atoms with van der Waals surface area (Å²) in [4.78, 5) is 0. The Morgan fingerprint density at radius 3 is 2.47 bits per heavy atom. The molecule has 0 aromatic carbocycles. The monoisotopic (exact) mass is 237 g/mol. The van der Waals surface area contributed by atoms with Crippen LogP contribution in [0.3, 0.4) is 0 Å². The number of rotatable bonds is 9. The number of unbranched alkanes of at least 4 members (excludes halogenated alkanes) is 2. The Morgan fingerprint density at radius 2 is 1.93 bits per heavy atom. The van der Waals surface area contributed by atoms with Gasteiger partial charge in [-0.3, -0.25) is 0 Å². The molecule has 0 aliphatic rings. The highest BCUT2D eigenvalue weighted by Gasteiger charge is 2.00. The number of hydrogen-bond acceptors (Lipinski definition) is 4. The van der Waals surface area contributed by atoms with Crippen LogP contribution >= 0.6 is 0 Å². The van der Waals surface area contributed by atoms with E-state index in [9.17, 15) is 8.42 Å². The predicted molar refractivity (Wildman–Crippen MR) is 61.9 cm³/mol. The molecule has 92 valence electrons. The summed E-state index contributed by atoms with van der Waals surface area (Å²) in [5, 5.41) is 0. The average molecular weight is 237 g/mol. The van der Waals surface area contributed by atoms with Crippen molar-refractivity contribution < 1.29 is 12.7 Å². The van der Waals surface area contributed by atoms with Crippen molar-refractivity contribution in [2.24, 2.45) is 5.92 Å². The van der Waals surface area contributed by atoms with Gasteiger partial charge in [-0.05, 0) is 12.3 Å². The first-order chi connectivity index (χ1) is 6.95. The van der Waals surface area contributed by atoms with Crippen LogP contribution in [0.1, 0.15) is 46.0 Å². The summed E-state index contributed by atoms with van der Waals surface area (Å²) in [6, 6.07) is 0. The summed E-state index contributed by atoms with van der Waals surface area (Å²) in [5.41, 5.74) is 2.44. The molecule has 0 fully saturated rings. The molecular weight excluding hydrogens is 214 g/mol. The van der Waals surface area contributed by atoms with Crippen LogP contribution in [0.2, 0.25) is 0 Å². The van der Waals surface area contributed by atoms with Gasteiger partial charge in [-0.15, -0.1) is 0 Å². The minimum atomic E-state index is -3.35. The van der Waals surface area contributed by atoms with Crippen LogP contribution in [0.25, 0.3) is 0 Å². The summed E-state index contributed by atoms with van der Waals surface area (Å²) in [6.45, 7) is 5.05. The zero-order chi connectivity index (χ0) is 11.7. The Morgan fingerprint density at radius 1 is 1.27 bits per heavy atom. The van der Waals surface area contributed by atoms with Gasteiger partial charge >= 0.3 is 0 Å². The molecule has 0 heterocycles. The highest BCUT2D eigenvalue weighted by molar-refractivity contribution is 7.85. The molecule has 0 aromatic rings. The highest BCUT2D eigenvalue weighted by atomic mass is 32.2. The number of nitrogens with one attached hydrogen (secondary N) is 1. The Balaban J connectivity index is 3.19. The smallest absolute Gasteiger partial charge is 0.198 e. The maximum atomic E-state index is 10.6. The van der Waals surface area contributed by atoms with E-state index < -0.39 is 10.1 Å². The molecule has 0 aliphatic heterocycles. The summed E-state index contributed by atoms with van der Waals surface area (Å²) >= 11 is 0. The van der Waals surface area contributed by atoms with Crippen molar-refractivity contribution >= 4 is 10.1 Å². The van der Waals surface area contributed by atoms with Gasteiger partial charge in [0.25, 0.3) is 10.1 Å². The van der Waals surface area contributed by atoms with Crippen LogP contribution in [0.4, 0.5) is 0 Å². The third kappa shape index (κ3) is 11.8. The molecule has 0 saturated heterocycles. The van der Waals surface area contributed by atoms with Gasteiger partial charge in [0.1, 0.15) is 0 Å². The molecule has 1 unspecified atom stereocenters. The quantitative estimate of drug-likeness (QED) is 0.493. The van der Waals surface area contributed by atoms with Gasteiger partial charge in [-0.1, -0.05) is 39.5 Å². The van der Waals surface area contributed by atoms with Gasteiger partial charge in [0.2, 0.25) is 0 Å². The number of hydrogen-bond donors (Lipinski definition) is 1. The van der Waals surface area contributed by atoms with Crippen molar-refractivity contribution in [3.63, 3.8) is 0 Å². The first kappa shape index (κ1) is 14.9. The molecular formula is C10H23NO3S. The van der Waals surface area contributed by atoms with Gasteiger partial charge in [0.15, 0.2) is 0 Å². The minimum absolute atomic E-state index is 0.591. The van der Waals surface area contributed by atoms with Crippen molar-refractivity contribution in [1.82, 2.24) is 5.48 Å². The van der Waals surface area contributed by atoms with E-state index in [2.05, 4.69) is 23.6 Å². The van der Waals surface area contributed by atoms with Gasteiger partial charge in [0, 0.05) is 6.54 Å². The van der Waals surface area contributed by atoms with Crippen LogP contribution in [-0.2, 0) is 14.4 Å². The third-order valence-corrected chi connectivity index (χ3v) is 2.80. The zero-order valence-corrected chi connectivity index (χ0v) is 10.8. The van der Waals surface area contributed by atoms with Crippen molar-refractivity contribution in [3.05, 3.63) is 0 Å². The first-order valence-electron chi connectivity index (χ1n) is 5.57. The minimum Gasteiger partial charge on any atom is -0.198 e. The molecule has 0 aliphatic carbocycles. The summed E-state index contributed by atoms with van der Waals surface area (Å²) in [7, 11) is -3.35. The fourth-order valence-corrected chi connectivity index (χ4v) is 1.52. The van der Waals surface area contributed by atoms with Crippen molar-refractivity contribution in [2.75, 3.05) is 12.8 Å². The lowest BCUT2D eigenvalue weighted by molar-refractivity contribution is 0.203. The standard InChI is InChI=1S/C10H23NO3S/c1-4-10(2)8-6-5-7-9-11-14-15(3,12)13/h10-11H,4-9H2,1-3H3. The largest absolute Gasteiger partial charge is 0.280 e. The van der Waals surface area contributed by atoms with Gasteiger partial charge in [0.05, 0.1) is 6.26 Å². The van der Waals surface area contributed by atoms with Gasteiger partial charge < -0.3 is 0 Å². The lowest BCUT2D eigenvalue weighted by atomic mass is 10.0. The second-order valence-corrected chi connectivity index (χ2v) is 5.62. The molecule has 0 spiro atoms. The fraction of sp³-hybridized carbons (Fsp3) is 1.00. The highest BCUT2D eigenvalue weighted by Crippen LogP contribution is 2.11. The summed E-state index contributed by atoms with van der Waals surface area (Å²) < 4.78 is 25.5. The molecule has 0 amide bonds. The molecule has 0 bridgehead atoms. The Kier molecular flexibility index (Phi) is 8.00. The van der Waals surface area contributed by atoms with E-state index in [1.54, 1.807) is 0 Å². The van der Waals surface area contributed by atoms with E-state index in [4.69, 9.17) is 0 Å². The normalized spacial score (nSPS) is 14.1. The second-order valence-electron chi connectivity index (χ2n) is 4.04. The topological polar surface area (TPSA) is 55.4 Å². The molecule has 0 rings (SSSR count). The van der Waals surface area contributed by atoms with E-state index in [1.807, 2.05) is 0 Å². The van der Waals surface area contributed by atoms with Gasteiger partial charge in [-0.25, -0.2) is 0 Å². The average Bonchev–Trinajstić information content (AvgIpc) is 2.14. The second kappa shape index (κ2) is 8.07. The predicted octanol–water partition coefficient (Wildman–Crippen LogP) is 2.07. The van der Waals surface area contributed by atoms with E-state index in [0.29, 0.717) is 6.54 Å². The molecule has 15 heavy (non-hydrogen) atoms. The zero-order valence-electron chi connectivity index (χ0n) is 9.95. The lowest BCUT2D eigenvalue weighted by Crippen LogP contribution is -2.20. The molecule has 4 nitrogen and oxygen atoms in total. The molecule has 5 heteroatoms. The first-order valence-corrected chi connectivity index (χ1v) is 7.38. The molecule has 1 N–H and O–H groups in total. The van der Waals surface area contributed by atoms with Crippen molar-refractivity contribution in [3.8, 4) is 0 Å². The molecule has 1 atom stereocenters. The SMILES string of the molecule is CCC(C)CCCCCNOS(C)(=O)=O. The van der Waals surface area contributed by atoms with Crippen LogP contribution < -0.4 is 5.48 Å². The van der Waals surface area contributed by atoms with Crippen LogP contribution in [0, 0.1) is 5.92 Å². The molecule has 0 radical (unpaired) electrons. The maximum Gasteiger partial charge on any atom is 0.280 e. The Labute approximate surface area is 93.5 Å². The Hall–Kier alpha value is -0.130. The van der Waals surface area contributed by atoms with Crippen LogP contribution in [0.5, 0.6) is 0 Å². The van der Waals surface area contributed by atoms with E-state index in [-0.39, 0.29) is 0 Å². The van der Waals surface area contributed by atoms with E-state index in [1.165, 1.54) is 19.3 Å². The van der Waals surface area contributed by atoms with E-state index in [0.717, 1.165) is 25.0 Å². The van der Waals surface area contributed by atoms with Gasteiger partial charge in [-0.2, -0.15) is 18.2 Å². The number of hydroxylamine groups is 1. The van der Waals surface area contributed by atoms with Crippen LogP contribution in [-0.4, -0.2) is 21.2 Å². The third-order valence-electron chi connectivity index (χ3n) is 2.38. The summed E-state index contributed by atoms with van der Waals surface area (Å²) in [5.74, 6) is 0.797. The van der Waals surface area contributed by atoms with E-state index >= 15 is 0 Å². The van der Waals surface area contributed by atoms with Crippen molar-refractivity contribution in [2.45, 2.75) is 46.0 Å². The lowest BCUT2D eigenvalue weighted by Gasteiger charge is -2.07. The molecule has 0 aromatic heterocycles. The van der Waals surface area contributed by atoms with Crippen molar-refractivity contribution in [1.29, 1.82) is 0 Å². The van der Waals surface area contributed by atoms with Crippen LogP contribution in [0.15, 0.2) is 0 Å². The maximum absolute atomic E-state index is 10.6. The fourth-order valence-electron chi connectivity index (χ4n) is 1.22.